The van der Waals surface area contributed by atoms with Crippen LogP contribution in [0.1, 0.15) is 35.8 Å². The highest BCUT2D eigenvalue weighted by Gasteiger charge is 2.54. The first-order valence-corrected chi connectivity index (χ1v) is 9.69. The standard InChI is InChI=1S/C25H20N4/c26-14-22-20-12-11-19(17-7-3-1-4-8-17)13-21(20)23(18-9-5-2-6-10-18)25(15-27,16-28)24(22)29/h1-10,12,19,21,23H,11,13,29H2/t19-,21+,23-/m0/s1. The minimum atomic E-state index is -1.56. The lowest BCUT2D eigenvalue weighted by Crippen LogP contribution is -2.43. The lowest BCUT2D eigenvalue weighted by Gasteiger charge is -2.45. The second-order valence-electron chi connectivity index (χ2n) is 7.67. The molecule has 0 unspecified atom stereocenters. The number of nitrogens with zero attached hydrogens (tertiary/aromatic N) is 3. The lowest BCUT2D eigenvalue weighted by molar-refractivity contribution is 0.303. The monoisotopic (exact) mass is 376 g/mol. The molecule has 0 saturated carbocycles. The van der Waals surface area contributed by atoms with Gasteiger partial charge in [-0.05, 0) is 41.4 Å². The van der Waals surface area contributed by atoms with Crippen molar-refractivity contribution >= 4 is 0 Å². The summed E-state index contributed by atoms with van der Waals surface area (Å²) in [5.74, 6) is -0.281. The third-order valence-electron chi connectivity index (χ3n) is 6.31. The van der Waals surface area contributed by atoms with Crippen molar-refractivity contribution in [3.63, 3.8) is 0 Å². The fraction of sp³-hybridized carbons (Fsp3) is 0.240. The van der Waals surface area contributed by atoms with Crippen LogP contribution < -0.4 is 5.73 Å². The molecule has 0 amide bonds. The minimum Gasteiger partial charge on any atom is -0.399 e. The SMILES string of the molecule is N#CC1=C(N)C(C#N)(C#N)[C@@H](c2ccccc2)[C@@H]2C[C@@H](c3ccccc3)CC=C12. The van der Waals surface area contributed by atoms with Crippen molar-refractivity contribution in [3.8, 4) is 18.2 Å². The molecule has 0 fully saturated rings. The van der Waals surface area contributed by atoms with Crippen LogP contribution in [-0.2, 0) is 0 Å². The molecule has 0 radical (unpaired) electrons. The van der Waals surface area contributed by atoms with Crippen molar-refractivity contribution in [1.82, 2.24) is 0 Å². The molecular weight excluding hydrogens is 356 g/mol. The smallest absolute Gasteiger partial charge is 0.191 e. The predicted molar refractivity (Wildman–Crippen MR) is 110 cm³/mol. The fourth-order valence-corrected chi connectivity index (χ4v) is 4.92. The van der Waals surface area contributed by atoms with E-state index in [1.165, 1.54) is 5.56 Å². The van der Waals surface area contributed by atoms with E-state index in [9.17, 15) is 15.8 Å². The molecule has 2 N–H and O–H groups in total. The maximum Gasteiger partial charge on any atom is 0.191 e. The van der Waals surface area contributed by atoms with Gasteiger partial charge in [-0.1, -0.05) is 66.7 Å². The first-order valence-electron chi connectivity index (χ1n) is 9.69. The number of hydrogen-bond acceptors (Lipinski definition) is 4. The minimum absolute atomic E-state index is 0.0829. The molecule has 0 heterocycles. The zero-order chi connectivity index (χ0) is 20.4. The maximum absolute atomic E-state index is 10.1. The molecular formula is C25H20N4. The molecule has 0 aromatic heterocycles. The quantitative estimate of drug-likeness (QED) is 0.823. The van der Waals surface area contributed by atoms with E-state index in [-0.39, 0.29) is 17.5 Å². The summed E-state index contributed by atoms with van der Waals surface area (Å²) in [7, 11) is 0. The van der Waals surface area contributed by atoms with E-state index < -0.39 is 11.3 Å². The molecule has 2 aliphatic rings. The molecule has 29 heavy (non-hydrogen) atoms. The van der Waals surface area contributed by atoms with E-state index in [4.69, 9.17) is 5.73 Å². The Bertz CT molecular complexity index is 1090. The van der Waals surface area contributed by atoms with Gasteiger partial charge in [0, 0.05) is 5.92 Å². The third kappa shape index (κ3) is 2.80. The Balaban J connectivity index is 1.93. The average molecular weight is 376 g/mol. The van der Waals surface area contributed by atoms with Crippen LogP contribution in [0.15, 0.2) is 83.6 Å². The van der Waals surface area contributed by atoms with Gasteiger partial charge in [0.1, 0.15) is 6.07 Å². The number of fused-ring (bicyclic) bond motifs is 1. The summed E-state index contributed by atoms with van der Waals surface area (Å²) in [4.78, 5) is 0. The van der Waals surface area contributed by atoms with Gasteiger partial charge >= 0.3 is 0 Å². The van der Waals surface area contributed by atoms with Crippen LogP contribution in [-0.4, -0.2) is 0 Å². The molecule has 0 saturated heterocycles. The van der Waals surface area contributed by atoms with E-state index >= 15 is 0 Å². The van der Waals surface area contributed by atoms with Gasteiger partial charge in [0.15, 0.2) is 5.41 Å². The largest absolute Gasteiger partial charge is 0.399 e. The van der Waals surface area contributed by atoms with Crippen LogP contribution >= 0.6 is 0 Å². The van der Waals surface area contributed by atoms with Gasteiger partial charge in [-0.15, -0.1) is 0 Å². The van der Waals surface area contributed by atoms with Crippen LogP contribution in [0.5, 0.6) is 0 Å². The molecule has 0 spiro atoms. The normalized spacial score (nSPS) is 25.0. The van der Waals surface area contributed by atoms with Crippen LogP contribution in [0.3, 0.4) is 0 Å². The predicted octanol–water partition coefficient (Wildman–Crippen LogP) is 4.67. The fourth-order valence-electron chi connectivity index (χ4n) is 4.92. The molecule has 140 valence electrons. The Kier molecular flexibility index (Phi) is 4.67. The zero-order valence-electron chi connectivity index (χ0n) is 15.9. The second-order valence-corrected chi connectivity index (χ2v) is 7.67. The molecule has 2 aliphatic carbocycles. The summed E-state index contributed by atoms with van der Waals surface area (Å²) in [5.41, 5.74) is 8.18. The highest BCUT2D eigenvalue weighted by molar-refractivity contribution is 5.59. The summed E-state index contributed by atoms with van der Waals surface area (Å²) in [6.45, 7) is 0. The molecule has 2 aromatic rings. The van der Waals surface area contributed by atoms with Crippen molar-refractivity contribution in [3.05, 3.63) is 94.7 Å². The number of allylic oxidation sites excluding steroid dienone is 4. The molecule has 4 heteroatoms. The van der Waals surface area contributed by atoms with Crippen LogP contribution in [0.2, 0.25) is 0 Å². The Morgan fingerprint density at radius 2 is 1.45 bits per heavy atom. The average Bonchev–Trinajstić information content (AvgIpc) is 2.79. The molecule has 2 aromatic carbocycles. The van der Waals surface area contributed by atoms with Gasteiger partial charge in [0.2, 0.25) is 0 Å². The Morgan fingerprint density at radius 3 is 2.00 bits per heavy atom. The van der Waals surface area contributed by atoms with Gasteiger partial charge in [-0.25, -0.2) is 0 Å². The van der Waals surface area contributed by atoms with E-state index in [1.807, 2.05) is 48.5 Å². The maximum atomic E-state index is 10.1. The van der Waals surface area contributed by atoms with Crippen molar-refractivity contribution in [2.45, 2.75) is 24.7 Å². The van der Waals surface area contributed by atoms with E-state index in [0.717, 1.165) is 24.0 Å². The zero-order valence-corrected chi connectivity index (χ0v) is 15.9. The van der Waals surface area contributed by atoms with Crippen LogP contribution in [0, 0.1) is 45.3 Å². The molecule has 0 bridgehead atoms. The first kappa shape index (κ1) is 18.5. The van der Waals surface area contributed by atoms with E-state index in [2.05, 4.69) is 36.4 Å². The van der Waals surface area contributed by atoms with Crippen molar-refractivity contribution in [1.29, 1.82) is 15.8 Å². The van der Waals surface area contributed by atoms with Gasteiger partial charge < -0.3 is 5.73 Å². The Hall–Kier alpha value is -3.81. The molecule has 4 nitrogen and oxygen atoms in total. The van der Waals surface area contributed by atoms with Gasteiger partial charge in [0.25, 0.3) is 0 Å². The summed E-state index contributed by atoms with van der Waals surface area (Å²) in [5, 5.41) is 30.0. The summed E-state index contributed by atoms with van der Waals surface area (Å²) < 4.78 is 0. The number of benzene rings is 2. The molecule has 0 aliphatic heterocycles. The molecule has 4 rings (SSSR count). The van der Waals surface area contributed by atoms with Crippen molar-refractivity contribution < 1.29 is 0 Å². The van der Waals surface area contributed by atoms with Gasteiger partial charge in [-0.3, -0.25) is 0 Å². The van der Waals surface area contributed by atoms with Crippen LogP contribution in [0.4, 0.5) is 0 Å². The van der Waals surface area contributed by atoms with E-state index in [0.29, 0.717) is 5.57 Å². The number of rotatable bonds is 2. The van der Waals surface area contributed by atoms with Gasteiger partial charge in [0.05, 0.1) is 23.4 Å². The van der Waals surface area contributed by atoms with E-state index in [1.54, 1.807) is 0 Å². The summed E-state index contributed by atoms with van der Waals surface area (Å²) in [6, 6.07) is 26.5. The summed E-state index contributed by atoms with van der Waals surface area (Å²) in [6.07, 6.45) is 3.66. The molecule has 3 atom stereocenters. The van der Waals surface area contributed by atoms with Crippen molar-refractivity contribution in [2.24, 2.45) is 17.1 Å². The topological polar surface area (TPSA) is 97.4 Å². The van der Waals surface area contributed by atoms with Crippen molar-refractivity contribution in [2.75, 3.05) is 0 Å². The van der Waals surface area contributed by atoms with Crippen LogP contribution in [0.25, 0.3) is 0 Å². The third-order valence-corrected chi connectivity index (χ3v) is 6.31. The summed E-state index contributed by atoms with van der Waals surface area (Å²) >= 11 is 0. The second kappa shape index (κ2) is 7.31. The lowest BCUT2D eigenvalue weighted by atomic mass is 9.55. The van der Waals surface area contributed by atoms with Gasteiger partial charge in [-0.2, -0.15) is 15.8 Å². The highest BCUT2D eigenvalue weighted by atomic mass is 14.7. The Morgan fingerprint density at radius 1 is 0.862 bits per heavy atom. The first-order chi connectivity index (χ1) is 14.2. The number of nitriles is 3. The number of nitrogens with two attached hydrogens (primary N) is 1. The number of hydrogen-bond donors (Lipinski definition) is 1. The highest BCUT2D eigenvalue weighted by Crippen LogP contribution is 2.57. The Labute approximate surface area is 170 Å².